The Morgan fingerprint density at radius 2 is 2.18 bits per heavy atom. The van der Waals surface area contributed by atoms with Gasteiger partial charge in [-0.15, -0.1) is 0 Å². The Balaban J connectivity index is 1.96. The highest BCUT2D eigenvalue weighted by Gasteiger charge is 2.27. The molecule has 17 heavy (non-hydrogen) atoms. The second kappa shape index (κ2) is 5.63. The van der Waals surface area contributed by atoms with E-state index in [0.29, 0.717) is 12.1 Å². The summed E-state index contributed by atoms with van der Waals surface area (Å²) in [6.45, 7) is 7.01. The third-order valence-electron chi connectivity index (χ3n) is 4.36. The van der Waals surface area contributed by atoms with Crippen LogP contribution < -0.4 is 5.32 Å². The maximum Gasteiger partial charge on any atom is 0.0315 e. The molecule has 1 N–H and O–H groups in total. The maximum absolute atomic E-state index is 4.19. The summed E-state index contributed by atoms with van der Waals surface area (Å²) in [6.07, 6.45) is 7.87. The smallest absolute Gasteiger partial charge is 0.0315 e. The van der Waals surface area contributed by atoms with E-state index in [1.54, 1.807) is 0 Å². The summed E-state index contributed by atoms with van der Waals surface area (Å²) in [4.78, 5) is 4.19. The summed E-state index contributed by atoms with van der Waals surface area (Å²) in [5.41, 5.74) is 1.29. The first kappa shape index (κ1) is 12.6. The molecule has 0 saturated heterocycles. The second-order valence-electron chi connectivity index (χ2n) is 5.55. The number of hydrogen-bond acceptors (Lipinski definition) is 2. The highest BCUT2D eigenvalue weighted by atomic mass is 15.0. The van der Waals surface area contributed by atoms with Gasteiger partial charge in [0.15, 0.2) is 0 Å². The molecule has 1 aliphatic carbocycles. The van der Waals surface area contributed by atoms with Gasteiger partial charge in [0, 0.05) is 24.5 Å². The van der Waals surface area contributed by atoms with Gasteiger partial charge in [-0.2, -0.15) is 0 Å². The number of nitrogens with zero attached hydrogens (tertiary/aromatic N) is 1. The van der Waals surface area contributed by atoms with Crippen molar-refractivity contribution in [2.75, 3.05) is 0 Å². The molecule has 2 heteroatoms. The molecule has 0 aliphatic heterocycles. The summed E-state index contributed by atoms with van der Waals surface area (Å²) in [7, 11) is 0. The molecule has 0 radical (unpaired) electrons. The molecule has 2 rings (SSSR count). The highest BCUT2D eigenvalue weighted by molar-refractivity contribution is 5.13. The van der Waals surface area contributed by atoms with Crippen molar-refractivity contribution in [2.24, 2.45) is 11.8 Å². The molecule has 94 valence electrons. The number of nitrogens with one attached hydrogen (secondary N) is 1. The SMILES string of the molecule is CC1CCCC(N[C@@H](C)c2cccnc2)C1C. The fraction of sp³-hybridized carbons (Fsp3) is 0.667. The lowest BCUT2D eigenvalue weighted by Crippen LogP contribution is -2.41. The molecule has 0 spiro atoms. The molecular formula is C15H24N2. The molecule has 1 aromatic rings. The van der Waals surface area contributed by atoms with Crippen molar-refractivity contribution in [1.82, 2.24) is 10.3 Å². The lowest BCUT2D eigenvalue weighted by Gasteiger charge is -2.36. The van der Waals surface area contributed by atoms with Gasteiger partial charge in [0.25, 0.3) is 0 Å². The minimum atomic E-state index is 0.404. The van der Waals surface area contributed by atoms with E-state index in [0.717, 1.165) is 11.8 Å². The van der Waals surface area contributed by atoms with Gasteiger partial charge in [0.05, 0.1) is 0 Å². The molecule has 1 saturated carbocycles. The van der Waals surface area contributed by atoms with Gasteiger partial charge in [-0.1, -0.05) is 32.8 Å². The molecule has 0 amide bonds. The van der Waals surface area contributed by atoms with E-state index in [1.807, 2.05) is 18.5 Å². The molecule has 3 unspecified atom stereocenters. The van der Waals surface area contributed by atoms with Crippen molar-refractivity contribution in [3.8, 4) is 0 Å². The first-order valence-corrected chi connectivity index (χ1v) is 6.84. The van der Waals surface area contributed by atoms with E-state index in [4.69, 9.17) is 0 Å². The normalized spacial score (nSPS) is 31.1. The molecule has 1 aliphatic rings. The Labute approximate surface area is 105 Å². The van der Waals surface area contributed by atoms with Crippen LogP contribution in [0.4, 0.5) is 0 Å². The molecule has 1 heterocycles. The Hall–Kier alpha value is -0.890. The van der Waals surface area contributed by atoms with E-state index in [2.05, 4.69) is 37.1 Å². The average molecular weight is 232 g/mol. The zero-order valence-corrected chi connectivity index (χ0v) is 11.2. The van der Waals surface area contributed by atoms with Gasteiger partial charge in [-0.25, -0.2) is 0 Å². The third-order valence-corrected chi connectivity index (χ3v) is 4.36. The first-order chi connectivity index (χ1) is 8.18. The molecule has 4 atom stereocenters. The van der Waals surface area contributed by atoms with Gasteiger partial charge < -0.3 is 5.32 Å². The first-order valence-electron chi connectivity index (χ1n) is 6.84. The monoisotopic (exact) mass is 232 g/mol. The lowest BCUT2D eigenvalue weighted by atomic mass is 9.77. The van der Waals surface area contributed by atoms with E-state index >= 15 is 0 Å². The Morgan fingerprint density at radius 1 is 1.35 bits per heavy atom. The number of aromatic nitrogens is 1. The second-order valence-corrected chi connectivity index (χ2v) is 5.55. The van der Waals surface area contributed by atoms with Crippen LogP contribution in [0.2, 0.25) is 0 Å². The van der Waals surface area contributed by atoms with Crippen LogP contribution in [-0.2, 0) is 0 Å². The fourth-order valence-electron chi connectivity index (χ4n) is 2.87. The molecule has 0 bridgehead atoms. The van der Waals surface area contributed by atoms with Gasteiger partial charge in [0.1, 0.15) is 0 Å². The largest absolute Gasteiger partial charge is 0.307 e. The summed E-state index contributed by atoms with van der Waals surface area (Å²) in [6, 6.07) is 5.23. The highest BCUT2D eigenvalue weighted by Crippen LogP contribution is 2.30. The zero-order valence-electron chi connectivity index (χ0n) is 11.2. The lowest BCUT2D eigenvalue weighted by molar-refractivity contribution is 0.196. The number of pyridine rings is 1. The Kier molecular flexibility index (Phi) is 4.16. The van der Waals surface area contributed by atoms with Gasteiger partial charge in [-0.3, -0.25) is 4.98 Å². The molecular weight excluding hydrogens is 208 g/mol. The van der Waals surface area contributed by atoms with Gasteiger partial charge in [0.2, 0.25) is 0 Å². The average Bonchev–Trinajstić information content (AvgIpc) is 2.36. The number of hydrogen-bond donors (Lipinski definition) is 1. The Morgan fingerprint density at radius 3 is 2.88 bits per heavy atom. The summed E-state index contributed by atoms with van der Waals surface area (Å²) < 4.78 is 0. The summed E-state index contributed by atoms with van der Waals surface area (Å²) in [5, 5.41) is 3.78. The van der Waals surface area contributed by atoms with Gasteiger partial charge >= 0.3 is 0 Å². The fourth-order valence-corrected chi connectivity index (χ4v) is 2.87. The Bertz CT molecular complexity index is 336. The third kappa shape index (κ3) is 3.06. The quantitative estimate of drug-likeness (QED) is 0.862. The van der Waals surface area contributed by atoms with Crippen LogP contribution in [-0.4, -0.2) is 11.0 Å². The minimum Gasteiger partial charge on any atom is -0.307 e. The molecule has 1 fully saturated rings. The van der Waals surface area contributed by atoms with E-state index in [9.17, 15) is 0 Å². The standard InChI is InChI=1S/C15H24N2/c1-11-6-4-8-15(12(11)2)17-13(3)14-7-5-9-16-10-14/h5,7,9-13,15,17H,4,6,8H2,1-3H3/t11?,12?,13-,15?/m0/s1. The van der Waals surface area contributed by atoms with Crippen LogP contribution in [0.1, 0.15) is 51.6 Å². The molecule has 1 aromatic heterocycles. The van der Waals surface area contributed by atoms with Gasteiger partial charge in [-0.05, 0) is 36.8 Å². The molecule has 2 nitrogen and oxygen atoms in total. The van der Waals surface area contributed by atoms with Crippen LogP contribution in [0.3, 0.4) is 0 Å². The van der Waals surface area contributed by atoms with E-state index < -0.39 is 0 Å². The van der Waals surface area contributed by atoms with Crippen molar-refractivity contribution in [2.45, 2.75) is 52.1 Å². The minimum absolute atomic E-state index is 0.404. The van der Waals surface area contributed by atoms with E-state index in [1.165, 1.54) is 24.8 Å². The van der Waals surface area contributed by atoms with Crippen molar-refractivity contribution in [3.63, 3.8) is 0 Å². The topological polar surface area (TPSA) is 24.9 Å². The summed E-state index contributed by atoms with van der Waals surface area (Å²) >= 11 is 0. The van der Waals surface area contributed by atoms with Crippen molar-refractivity contribution in [1.29, 1.82) is 0 Å². The van der Waals surface area contributed by atoms with Crippen molar-refractivity contribution in [3.05, 3.63) is 30.1 Å². The van der Waals surface area contributed by atoms with Crippen LogP contribution in [0.25, 0.3) is 0 Å². The van der Waals surface area contributed by atoms with Crippen molar-refractivity contribution < 1.29 is 0 Å². The zero-order chi connectivity index (χ0) is 12.3. The summed E-state index contributed by atoms with van der Waals surface area (Å²) in [5.74, 6) is 1.63. The number of rotatable bonds is 3. The van der Waals surface area contributed by atoms with Crippen molar-refractivity contribution >= 4 is 0 Å². The maximum atomic E-state index is 4.19. The molecule has 0 aromatic carbocycles. The predicted molar refractivity (Wildman–Crippen MR) is 71.8 cm³/mol. The van der Waals surface area contributed by atoms with Crippen LogP contribution >= 0.6 is 0 Å². The van der Waals surface area contributed by atoms with Crippen LogP contribution in [0.5, 0.6) is 0 Å². The predicted octanol–water partition coefficient (Wildman–Crippen LogP) is 3.56. The van der Waals surface area contributed by atoms with Crippen LogP contribution in [0.15, 0.2) is 24.5 Å². The van der Waals surface area contributed by atoms with Crippen LogP contribution in [0, 0.1) is 11.8 Å². The van der Waals surface area contributed by atoms with E-state index in [-0.39, 0.29) is 0 Å².